The van der Waals surface area contributed by atoms with Gasteiger partial charge in [0.1, 0.15) is 11.9 Å². The predicted octanol–water partition coefficient (Wildman–Crippen LogP) is 2.21. The van der Waals surface area contributed by atoms with Gasteiger partial charge in [0.25, 0.3) is 0 Å². The number of hydrogen-bond acceptors (Lipinski definition) is 4. The van der Waals surface area contributed by atoms with Crippen LogP contribution in [0.1, 0.15) is 26.2 Å². The summed E-state index contributed by atoms with van der Waals surface area (Å²) in [6.45, 7) is 5.34. The van der Waals surface area contributed by atoms with Crippen LogP contribution in [0.3, 0.4) is 0 Å². The Morgan fingerprint density at radius 3 is 2.72 bits per heavy atom. The maximum atomic E-state index is 12.3. The lowest BCUT2D eigenvalue weighted by Crippen LogP contribution is -2.44. The topological polar surface area (TPSA) is 69.2 Å². The maximum absolute atomic E-state index is 12.3. The lowest BCUT2D eigenvalue weighted by atomic mass is 10.2. The highest BCUT2D eigenvalue weighted by atomic mass is 35.5. The highest BCUT2D eigenvalue weighted by Gasteiger charge is 2.30. The normalized spacial score (nSPS) is 18.4. The molecule has 2 rings (SSSR count). The van der Waals surface area contributed by atoms with Gasteiger partial charge in [0.05, 0.1) is 12.6 Å². The van der Waals surface area contributed by atoms with Gasteiger partial charge < -0.3 is 20.3 Å². The van der Waals surface area contributed by atoms with Gasteiger partial charge >= 0.3 is 0 Å². The van der Waals surface area contributed by atoms with E-state index in [0.29, 0.717) is 11.6 Å². The summed E-state index contributed by atoms with van der Waals surface area (Å²) >= 11 is 5.90. The third kappa shape index (κ3) is 7.74. The average Bonchev–Trinajstić information content (AvgIpc) is 3.17. The van der Waals surface area contributed by atoms with E-state index in [9.17, 15) is 4.79 Å². The molecule has 8 heteroatoms. The molecule has 0 saturated carbocycles. The third-order valence-electron chi connectivity index (χ3n) is 4.94. The van der Waals surface area contributed by atoms with Gasteiger partial charge in [0.2, 0.25) is 5.91 Å². The first-order valence-corrected chi connectivity index (χ1v) is 10.6. The summed E-state index contributed by atoms with van der Waals surface area (Å²) in [5.74, 6) is 1.75. The van der Waals surface area contributed by atoms with E-state index in [4.69, 9.17) is 16.3 Å². The number of likely N-dealkylation sites (N-methyl/N-ethyl adjacent to an activating group) is 1. The maximum Gasteiger partial charge on any atom is 0.239 e. The lowest BCUT2D eigenvalue weighted by Gasteiger charge is -2.26. The van der Waals surface area contributed by atoms with Crippen molar-refractivity contribution >= 4 is 23.5 Å². The van der Waals surface area contributed by atoms with Crippen molar-refractivity contribution in [1.29, 1.82) is 0 Å². The second kappa shape index (κ2) is 11.9. The van der Waals surface area contributed by atoms with Gasteiger partial charge in [-0.15, -0.1) is 0 Å². The van der Waals surface area contributed by atoms with Gasteiger partial charge in [0, 0.05) is 39.3 Å². The van der Waals surface area contributed by atoms with E-state index in [-0.39, 0.29) is 18.1 Å². The predicted molar refractivity (Wildman–Crippen MR) is 119 cm³/mol. The summed E-state index contributed by atoms with van der Waals surface area (Å²) < 4.78 is 5.86. The first kappa shape index (κ1) is 23.3. The smallest absolute Gasteiger partial charge is 0.239 e. The number of guanidine groups is 1. The summed E-state index contributed by atoms with van der Waals surface area (Å²) in [6, 6.07) is 7.38. The van der Waals surface area contributed by atoms with Gasteiger partial charge in [-0.1, -0.05) is 11.6 Å². The minimum atomic E-state index is -0.0165. The Bertz CT molecular complexity index is 666. The van der Waals surface area contributed by atoms with Crippen LogP contribution in [0.2, 0.25) is 5.02 Å². The quantitative estimate of drug-likeness (QED) is 0.362. The number of hydrogen-bond donors (Lipinski definition) is 2. The SMILES string of the molecule is CN=C(NCCCN1CCCC1C(=O)N(C)C)NCC(C)Oc1ccc(Cl)cc1. The number of likely N-dealkylation sites (tertiary alicyclic amines) is 1. The number of benzene rings is 1. The Hall–Kier alpha value is -1.99. The van der Waals surface area contributed by atoms with E-state index < -0.39 is 0 Å². The number of carbonyl (C=O) groups excluding carboxylic acids is 1. The number of amides is 1. The fourth-order valence-electron chi connectivity index (χ4n) is 3.41. The fourth-order valence-corrected chi connectivity index (χ4v) is 3.53. The van der Waals surface area contributed by atoms with E-state index in [1.54, 1.807) is 11.9 Å². The highest BCUT2D eigenvalue weighted by Crippen LogP contribution is 2.19. The van der Waals surface area contributed by atoms with E-state index in [2.05, 4.69) is 20.5 Å². The molecule has 2 atom stereocenters. The van der Waals surface area contributed by atoms with Crippen LogP contribution in [0.25, 0.3) is 0 Å². The molecule has 7 nitrogen and oxygen atoms in total. The second-order valence-corrected chi connectivity index (χ2v) is 7.98. The third-order valence-corrected chi connectivity index (χ3v) is 5.19. The van der Waals surface area contributed by atoms with Crippen LogP contribution in [-0.4, -0.2) is 81.1 Å². The van der Waals surface area contributed by atoms with Crippen molar-refractivity contribution in [2.24, 2.45) is 4.99 Å². The number of ether oxygens (including phenoxy) is 1. The Balaban J connectivity index is 1.66. The van der Waals surface area contributed by atoms with E-state index in [1.807, 2.05) is 45.3 Å². The summed E-state index contributed by atoms with van der Waals surface area (Å²) in [6.07, 6.45) is 2.98. The molecule has 0 spiro atoms. The summed E-state index contributed by atoms with van der Waals surface area (Å²) in [5.41, 5.74) is 0. The van der Waals surface area contributed by atoms with Crippen LogP contribution in [-0.2, 0) is 4.79 Å². The highest BCUT2D eigenvalue weighted by molar-refractivity contribution is 6.30. The molecule has 1 aromatic rings. The van der Waals surface area contributed by atoms with Crippen molar-refractivity contribution in [3.05, 3.63) is 29.3 Å². The van der Waals surface area contributed by atoms with Crippen molar-refractivity contribution in [2.45, 2.75) is 38.3 Å². The Labute approximate surface area is 179 Å². The average molecular weight is 424 g/mol. The molecular formula is C21H34ClN5O2. The zero-order chi connectivity index (χ0) is 21.2. The molecular weight excluding hydrogens is 390 g/mol. The molecule has 0 aliphatic carbocycles. The lowest BCUT2D eigenvalue weighted by molar-refractivity contribution is -0.133. The summed E-state index contributed by atoms with van der Waals surface area (Å²) in [5, 5.41) is 7.31. The summed E-state index contributed by atoms with van der Waals surface area (Å²) in [4.78, 5) is 20.5. The molecule has 1 fully saturated rings. The molecule has 2 N–H and O–H groups in total. The van der Waals surface area contributed by atoms with E-state index in [1.165, 1.54) is 0 Å². The minimum absolute atomic E-state index is 0.0165. The monoisotopic (exact) mass is 423 g/mol. The second-order valence-electron chi connectivity index (χ2n) is 7.54. The molecule has 2 unspecified atom stereocenters. The van der Waals surface area contributed by atoms with Gasteiger partial charge in [-0.25, -0.2) is 0 Å². The largest absolute Gasteiger partial charge is 0.489 e. The molecule has 1 aliphatic heterocycles. The van der Waals surface area contributed by atoms with E-state index >= 15 is 0 Å². The minimum Gasteiger partial charge on any atom is -0.489 e. The number of rotatable bonds is 9. The molecule has 1 aliphatic rings. The van der Waals surface area contributed by atoms with Crippen molar-refractivity contribution in [3.63, 3.8) is 0 Å². The number of nitrogens with zero attached hydrogens (tertiary/aromatic N) is 3. The first-order valence-electron chi connectivity index (χ1n) is 10.2. The molecule has 0 aromatic heterocycles. The Kier molecular flexibility index (Phi) is 9.54. The van der Waals surface area contributed by atoms with Crippen LogP contribution >= 0.6 is 11.6 Å². The number of aliphatic imine (C=N–C) groups is 1. The van der Waals surface area contributed by atoms with Gasteiger partial charge in [-0.2, -0.15) is 0 Å². The van der Waals surface area contributed by atoms with Gasteiger partial charge in [0.15, 0.2) is 5.96 Å². The number of nitrogens with one attached hydrogen (secondary N) is 2. The number of halogens is 1. The molecule has 0 radical (unpaired) electrons. The van der Waals surface area contributed by atoms with Crippen LogP contribution in [0.15, 0.2) is 29.3 Å². The fraction of sp³-hybridized carbons (Fsp3) is 0.619. The van der Waals surface area contributed by atoms with Crippen molar-refractivity contribution < 1.29 is 9.53 Å². The molecule has 1 heterocycles. The van der Waals surface area contributed by atoms with Gasteiger partial charge in [-0.3, -0.25) is 14.7 Å². The van der Waals surface area contributed by atoms with Crippen LogP contribution < -0.4 is 15.4 Å². The molecule has 1 saturated heterocycles. The molecule has 1 amide bonds. The Morgan fingerprint density at radius 2 is 2.07 bits per heavy atom. The van der Waals surface area contributed by atoms with Crippen molar-refractivity contribution in [1.82, 2.24) is 20.4 Å². The van der Waals surface area contributed by atoms with Crippen LogP contribution in [0.5, 0.6) is 5.75 Å². The zero-order valence-corrected chi connectivity index (χ0v) is 18.7. The first-order chi connectivity index (χ1) is 13.9. The van der Waals surface area contributed by atoms with Crippen LogP contribution in [0.4, 0.5) is 0 Å². The van der Waals surface area contributed by atoms with Gasteiger partial charge in [-0.05, 0) is 57.0 Å². The van der Waals surface area contributed by atoms with E-state index in [0.717, 1.165) is 50.6 Å². The molecule has 1 aromatic carbocycles. The summed E-state index contributed by atoms with van der Waals surface area (Å²) in [7, 11) is 5.41. The molecule has 29 heavy (non-hydrogen) atoms. The number of carbonyl (C=O) groups is 1. The van der Waals surface area contributed by atoms with Crippen molar-refractivity contribution in [2.75, 3.05) is 47.3 Å². The van der Waals surface area contributed by atoms with Crippen LogP contribution in [0, 0.1) is 0 Å². The standard InChI is InChI=1S/C21H34ClN5O2/c1-16(29-18-10-8-17(22)9-11-18)15-25-21(23-2)24-12-6-14-27-13-5-7-19(27)20(28)26(3)4/h8-11,16,19H,5-7,12-15H2,1-4H3,(H2,23,24,25). The Morgan fingerprint density at radius 1 is 1.34 bits per heavy atom. The molecule has 162 valence electrons. The molecule has 0 bridgehead atoms. The zero-order valence-electron chi connectivity index (χ0n) is 17.9. The van der Waals surface area contributed by atoms with Crippen molar-refractivity contribution in [3.8, 4) is 5.75 Å².